The Kier molecular flexibility index (Phi) is 8.29. The van der Waals surface area contributed by atoms with E-state index < -0.39 is 63.8 Å². The molecule has 248 valence electrons. The van der Waals surface area contributed by atoms with Crippen LogP contribution in [0.4, 0.5) is 5.69 Å². The standard InChI is InChI=1S/C38H29BrCl2N2O6/c1-20(2)32(33(45)42-24-17-13-22(14-18-24)36(48)49-19-29(44)21-11-15-23(39)16-12-21)43-34(46)30-31(35(43)47)38(41)26-8-4-3-7-25(26)37(30,40)27-9-5-6-10-28(27)38/h3-18,20,30-32H,19H2,1-2H3,(H,42,45)/t30-,31-,32+,37?,38?/m1/s1. The SMILES string of the molecule is CC(C)[C@@H](C(=O)Nc1ccc(C(=O)OCC(=O)c2ccc(Br)cc2)cc1)N1C(=O)[C@H]2[C@H](C1=O)C1(Cl)c3ccccc3C2(Cl)c2ccccc21. The van der Waals surface area contributed by atoms with Gasteiger partial charge in [-0.2, -0.15) is 0 Å². The molecule has 11 heteroatoms. The molecule has 0 aromatic heterocycles. The van der Waals surface area contributed by atoms with Crippen molar-refractivity contribution in [2.24, 2.45) is 17.8 Å². The summed E-state index contributed by atoms with van der Waals surface area (Å²) in [5, 5.41) is 2.80. The molecule has 1 fully saturated rings. The highest BCUT2D eigenvalue weighted by Gasteiger charge is 2.73. The normalized spacial score (nSPS) is 23.8. The third kappa shape index (κ3) is 5.04. The summed E-state index contributed by atoms with van der Waals surface area (Å²) in [5.74, 6) is -5.27. The molecule has 0 unspecified atom stereocenters. The van der Waals surface area contributed by atoms with Gasteiger partial charge >= 0.3 is 5.97 Å². The van der Waals surface area contributed by atoms with Gasteiger partial charge in [0.1, 0.15) is 15.8 Å². The first-order valence-corrected chi connectivity index (χ1v) is 17.3. The number of Topliss-reactive ketones (excluding diaryl/α,β-unsaturated/α-hetero) is 1. The first-order valence-electron chi connectivity index (χ1n) is 15.7. The highest BCUT2D eigenvalue weighted by molar-refractivity contribution is 9.10. The number of hydrogen-bond acceptors (Lipinski definition) is 6. The third-order valence-corrected chi connectivity index (χ3v) is 11.5. The number of amides is 3. The van der Waals surface area contributed by atoms with E-state index in [2.05, 4.69) is 21.2 Å². The lowest BCUT2D eigenvalue weighted by molar-refractivity contribution is -0.148. The summed E-state index contributed by atoms with van der Waals surface area (Å²) >= 11 is 18.4. The summed E-state index contributed by atoms with van der Waals surface area (Å²) in [6.45, 7) is 3.08. The Hall–Kier alpha value is -4.31. The minimum atomic E-state index is -1.36. The van der Waals surface area contributed by atoms with Crippen molar-refractivity contribution in [3.63, 3.8) is 0 Å². The van der Waals surface area contributed by atoms with Crippen LogP contribution in [0.2, 0.25) is 0 Å². The Balaban J connectivity index is 1.11. The van der Waals surface area contributed by atoms with Crippen LogP contribution in [0.1, 0.15) is 56.8 Å². The van der Waals surface area contributed by atoms with Crippen molar-refractivity contribution >= 4 is 74.3 Å². The summed E-state index contributed by atoms with van der Waals surface area (Å²) in [6.07, 6.45) is 0. The van der Waals surface area contributed by atoms with Crippen LogP contribution >= 0.6 is 39.1 Å². The Morgan fingerprint density at radius 2 is 1.20 bits per heavy atom. The number of esters is 1. The molecule has 4 aliphatic rings. The molecule has 8 rings (SSSR count). The van der Waals surface area contributed by atoms with Crippen molar-refractivity contribution in [2.75, 3.05) is 11.9 Å². The van der Waals surface area contributed by atoms with Gasteiger partial charge in [0.25, 0.3) is 0 Å². The summed E-state index contributed by atoms with van der Waals surface area (Å²) in [5.41, 5.74) is 3.62. The Morgan fingerprint density at radius 1 is 0.755 bits per heavy atom. The van der Waals surface area contributed by atoms with Gasteiger partial charge in [-0.05, 0) is 64.6 Å². The first kappa shape index (κ1) is 33.2. The largest absolute Gasteiger partial charge is 0.454 e. The lowest BCUT2D eigenvalue weighted by atomic mass is 9.54. The van der Waals surface area contributed by atoms with Crippen LogP contribution in [-0.4, -0.2) is 47.0 Å². The number of rotatable bonds is 8. The molecule has 3 atom stereocenters. The number of hydrogen-bond donors (Lipinski definition) is 1. The van der Waals surface area contributed by atoms with Gasteiger partial charge < -0.3 is 10.1 Å². The number of carbonyl (C=O) groups is 5. The van der Waals surface area contributed by atoms with Crippen molar-refractivity contribution in [1.82, 2.24) is 4.90 Å². The number of benzene rings is 4. The van der Waals surface area contributed by atoms with E-state index in [1.807, 2.05) is 48.5 Å². The zero-order valence-corrected chi connectivity index (χ0v) is 29.4. The molecule has 1 heterocycles. The summed E-state index contributed by atoms with van der Waals surface area (Å²) in [7, 11) is 0. The molecule has 3 amide bonds. The van der Waals surface area contributed by atoms with Gasteiger partial charge in [-0.3, -0.25) is 24.1 Å². The lowest BCUT2D eigenvalue weighted by Gasteiger charge is -2.54. The van der Waals surface area contributed by atoms with Crippen molar-refractivity contribution in [2.45, 2.75) is 29.6 Å². The molecule has 0 saturated carbocycles. The topological polar surface area (TPSA) is 110 Å². The fourth-order valence-electron chi connectivity index (χ4n) is 7.52. The number of nitrogens with zero attached hydrogens (tertiary/aromatic N) is 1. The van der Waals surface area contributed by atoms with E-state index in [4.69, 9.17) is 27.9 Å². The molecule has 3 aliphatic carbocycles. The van der Waals surface area contributed by atoms with E-state index in [1.54, 1.807) is 38.1 Å². The number of alkyl halides is 2. The van der Waals surface area contributed by atoms with Gasteiger partial charge in [0.05, 0.1) is 17.4 Å². The zero-order valence-electron chi connectivity index (χ0n) is 26.3. The van der Waals surface area contributed by atoms with E-state index in [-0.39, 0.29) is 11.3 Å². The molecule has 1 N–H and O–H groups in total. The first-order chi connectivity index (χ1) is 23.4. The van der Waals surface area contributed by atoms with Crippen LogP contribution in [0.3, 0.4) is 0 Å². The number of imide groups is 1. The average molecular weight is 760 g/mol. The van der Waals surface area contributed by atoms with Gasteiger partial charge in [-0.15, -0.1) is 23.2 Å². The zero-order chi connectivity index (χ0) is 34.8. The molecule has 0 radical (unpaired) electrons. The van der Waals surface area contributed by atoms with Gasteiger partial charge in [0.15, 0.2) is 12.4 Å². The number of nitrogens with one attached hydrogen (secondary N) is 1. The molecular formula is C38H29BrCl2N2O6. The number of anilines is 1. The van der Waals surface area contributed by atoms with E-state index in [0.717, 1.165) is 9.37 Å². The van der Waals surface area contributed by atoms with Crippen LogP contribution in [0, 0.1) is 17.8 Å². The molecule has 2 bridgehead atoms. The highest BCUT2D eigenvalue weighted by atomic mass is 79.9. The van der Waals surface area contributed by atoms with Gasteiger partial charge in [0.2, 0.25) is 17.7 Å². The van der Waals surface area contributed by atoms with Crippen molar-refractivity contribution in [3.8, 4) is 0 Å². The molecule has 4 aromatic carbocycles. The van der Waals surface area contributed by atoms with E-state index in [9.17, 15) is 24.0 Å². The van der Waals surface area contributed by atoms with Crippen LogP contribution in [0.15, 0.2) is 102 Å². The van der Waals surface area contributed by atoms with Crippen LogP contribution in [0.25, 0.3) is 0 Å². The predicted octanol–water partition coefficient (Wildman–Crippen LogP) is 7.05. The summed E-state index contributed by atoms with van der Waals surface area (Å²) in [4.78, 5) is 66.2. The minimum absolute atomic E-state index is 0.172. The van der Waals surface area contributed by atoms with Gasteiger partial charge in [-0.25, -0.2) is 4.79 Å². The van der Waals surface area contributed by atoms with Crippen LogP contribution in [0.5, 0.6) is 0 Å². The maximum atomic E-state index is 14.4. The number of ketones is 1. The molecular weight excluding hydrogens is 731 g/mol. The predicted molar refractivity (Wildman–Crippen MR) is 187 cm³/mol. The molecule has 1 aliphatic heterocycles. The highest BCUT2D eigenvalue weighted by Crippen LogP contribution is 2.69. The van der Waals surface area contributed by atoms with E-state index in [0.29, 0.717) is 33.5 Å². The van der Waals surface area contributed by atoms with Gasteiger partial charge in [0, 0.05) is 15.7 Å². The fraction of sp³-hybridized carbons (Fsp3) is 0.237. The van der Waals surface area contributed by atoms with Crippen molar-refractivity contribution < 1.29 is 28.7 Å². The third-order valence-electron chi connectivity index (χ3n) is 9.69. The van der Waals surface area contributed by atoms with Crippen LogP contribution in [-0.2, 0) is 28.9 Å². The molecule has 0 spiro atoms. The Bertz CT molecular complexity index is 1930. The minimum Gasteiger partial charge on any atom is -0.454 e. The van der Waals surface area contributed by atoms with Crippen molar-refractivity contribution in [1.29, 1.82) is 0 Å². The number of carbonyl (C=O) groups excluding carboxylic acids is 5. The molecule has 4 aromatic rings. The summed E-state index contributed by atoms with van der Waals surface area (Å²) in [6, 6.07) is 26.2. The molecule has 49 heavy (non-hydrogen) atoms. The maximum Gasteiger partial charge on any atom is 0.338 e. The Morgan fingerprint density at radius 3 is 1.65 bits per heavy atom. The lowest BCUT2D eigenvalue weighted by Crippen LogP contribution is -2.57. The second-order valence-electron chi connectivity index (χ2n) is 12.8. The average Bonchev–Trinajstić information content (AvgIpc) is 3.36. The quantitative estimate of drug-likeness (QED) is 0.0894. The number of halogens is 3. The van der Waals surface area contributed by atoms with Crippen LogP contribution < -0.4 is 5.32 Å². The second kappa shape index (κ2) is 12.2. The maximum absolute atomic E-state index is 14.4. The van der Waals surface area contributed by atoms with Crippen molar-refractivity contribution in [3.05, 3.63) is 135 Å². The monoisotopic (exact) mass is 758 g/mol. The fourth-order valence-corrected chi connectivity index (χ4v) is 8.88. The smallest absolute Gasteiger partial charge is 0.338 e. The second-order valence-corrected chi connectivity index (χ2v) is 14.9. The molecule has 1 saturated heterocycles. The Labute approximate surface area is 300 Å². The molecule has 8 nitrogen and oxygen atoms in total. The van der Waals surface area contributed by atoms with Gasteiger partial charge in [-0.1, -0.05) is 90.4 Å². The number of ether oxygens (including phenoxy) is 1. The number of likely N-dealkylation sites (tertiary alicyclic amines) is 1. The van der Waals surface area contributed by atoms with E-state index >= 15 is 0 Å². The summed E-state index contributed by atoms with van der Waals surface area (Å²) < 4.78 is 6.02. The van der Waals surface area contributed by atoms with E-state index in [1.165, 1.54) is 24.3 Å².